The lowest BCUT2D eigenvalue weighted by molar-refractivity contribution is -0.133. The Morgan fingerprint density at radius 2 is 1.29 bits per heavy atom. The van der Waals surface area contributed by atoms with Crippen LogP contribution in [-0.2, 0) is 25.6 Å². The van der Waals surface area contributed by atoms with Gasteiger partial charge in [0.15, 0.2) is 16.9 Å². The molecule has 4 amide bonds. The van der Waals surface area contributed by atoms with Crippen LogP contribution in [0.15, 0.2) is 64.7 Å². The maximum absolute atomic E-state index is 14.2. The molecule has 0 aliphatic rings. The van der Waals surface area contributed by atoms with Crippen LogP contribution in [0.2, 0.25) is 0 Å². The topological polar surface area (TPSA) is 291 Å². The van der Waals surface area contributed by atoms with Crippen molar-refractivity contribution in [2.45, 2.75) is 96.3 Å². The molecule has 0 unspecified atom stereocenters. The van der Waals surface area contributed by atoms with E-state index in [4.69, 9.17) is 22.9 Å². The number of Topliss-reactive ketones (excluding diaryl/α,β-unsaturated/α-hetero) is 1. The molecule has 2 heterocycles. The molecule has 4 rings (SSSR count). The predicted octanol–water partition coefficient (Wildman–Crippen LogP) is 2.10. The highest BCUT2D eigenvalue weighted by Crippen LogP contribution is 2.24. The van der Waals surface area contributed by atoms with E-state index in [0.717, 1.165) is 21.2 Å². The zero-order chi connectivity index (χ0) is 42.2. The number of thiazole rings is 1. The van der Waals surface area contributed by atoms with E-state index in [9.17, 15) is 24.0 Å². The molecule has 58 heavy (non-hydrogen) atoms. The Balaban J connectivity index is 1.57. The minimum absolute atomic E-state index is 0.0619. The lowest BCUT2D eigenvalue weighted by Gasteiger charge is -2.27. The van der Waals surface area contributed by atoms with Crippen molar-refractivity contribution in [1.82, 2.24) is 31.2 Å². The predicted molar refractivity (Wildman–Crippen MR) is 228 cm³/mol. The second-order valence-corrected chi connectivity index (χ2v) is 15.6. The number of aromatic amines is 1. The maximum atomic E-state index is 14.2. The van der Waals surface area contributed by atoms with Crippen LogP contribution in [-0.4, -0.2) is 88.6 Å². The Kier molecular flexibility index (Phi) is 17.0. The number of benzene rings is 2. The van der Waals surface area contributed by atoms with Crippen molar-refractivity contribution >= 4 is 73.8 Å². The summed E-state index contributed by atoms with van der Waals surface area (Å²) in [4.78, 5) is 84.2. The van der Waals surface area contributed by atoms with E-state index in [2.05, 4.69) is 41.2 Å². The monoisotopic (exact) mass is 816 g/mol. The summed E-state index contributed by atoms with van der Waals surface area (Å²) < 4.78 is 0.826. The molecule has 4 atom stereocenters. The molecule has 0 radical (unpaired) electrons. The van der Waals surface area contributed by atoms with Crippen molar-refractivity contribution in [2.24, 2.45) is 38.8 Å². The van der Waals surface area contributed by atoms with E-state index in [1.165, 1.54) is 18.3 Å². The molecule has 312 valence electrons. The first-order valence-electron chi connectivity index (χ1n) is 19.5. The fraction of sp³-hybridized carbons (Fsp3) is 0.450. The fourth-order valence-corrected chi connectivity index (χ4v) is 7.36. The van der Waals surface area contributed by atoms with E-state index < -0.39 is 47.8 Å². The lowest BCUT2D eigenvalue weighted by Crippen LogP contribution is -2.58. The number of ketones is 1. The quantitative estimate of drug-likeness (QED) is 0.0227. The van der Waals surface area contributed by atoms with E-state index in [-0.39, 0.29) is 60.9 Å². The van der Waals surface area contributed by atoms with E-state index in [1.807, 2.05) is 62.4 Å². The molecular weight excluding hydrogens is 761 g/mol. The Morgan fingerprint density at radius 3 is 1.95 bits per heavy atom. The van der Waals surface area contributed by atoms with Crippen molar-refractivity contribution < 1.29 is 24.0 Å². The zero-order valence-corrected chi connectivity index (χ0v) is 34.1. The van der Waals surface area contributed by atoms with Gasteiger partial charge in [0.1, 0.15) is 18.1 Å². The van der Waals surface area contributed by atoms with Crippen molar-refractivity contribution in [3.8, 4) is 0 Å². The number of nitrogens with one attached hydrogen (secondary N) is 5. The van der Waals surface area contributed by atoms with Crippen LogP contribution in [0.3, 0.4) is 0 Å². The summed E-state index contributed by atoms with van der Waals surface area (Å²) in [6.07, 6.45) is 4.49. The number of unbranched alkanes of at least 4 members (excludes halogenated alkanes) is 1. The highest BCUT2D eigenvalue weighted by molar-refractivity contribution is 7.20. The second kappa shape index (κ2) is 22.0. The van der Waals surface area contributed by atoms with Crippen LogP contribution >= 0.6 is 11.3 Å². The smallest absolute Gasteiger partial charge is 0.243 e. The number of nitrogens with zero attached hydrogens (tertiary/aromatic N) is 3. The van der Waals surface area contributed by atoms with Crippen LogP contribution in [0, 0.1) is 5.92 Å². The van der Waals surface area contributed by atoms with Gasteiger partial charge in [-0.05, 0) is 74.6 Å². The van der Waals surface area contributed by atoms with Gasteiger partial charge in [0, 0.05) is 43.5 Å². The second-order valence-electron chi connectivity index (χ2n) is 14.6. The molecule has 13 N–H and O–H groups in total. The molecule has 17 nitrogen and oxygen atoms in total. The molecule has 0 saturated heterocycles. The van der Waals surface area contributed by atoms with E-state index in [0.29, 0.717) is 37.7 Å². The normalized spacial score (nSPS) is 13.2. The summed E-state index contributed by atoms with van der Waals surface area (Å²) in [6, 6.07) is 10.8. The Labute approximate surface area is 341 Å². The highest BCUT2D eigenvalue weighted by Gasteiger charge is 2.32. The number of guanidine groups is 2. The number of amides is 4. The molecule has 0 saturated carbocycles. The summed E-state index contributed by atoms with van der Waals surface area (Å²) in [5, 5.41) is 12.5. The molecule has 4 aromatic rings. The number of aliphatic imine (C=N–C) groups is 2. The minimum Gasteiger partial charge on any atom is -0.370 e. The van der Waals surface area contributed by atoms with Crippen LogP contribution in [0.5, 0.6) is 0 Å². The third kappa shape index (κ3) is 13.9. The van der Waals surface area contributed by atoms with Gasteiger partial charge >= 0.3 is 0 Å². The fourth-order valence-electron chi connectivity index (χ4n) is 6.40. The first-order chi connectivity index (χ1) is 27.7. The van der Waals surface area contributed by atoms with Crippen molar-refractivity contribution in [3.63, 3.8) is 0 Å². The van der Waals surface area contributed by atoms with E-state index >= 15 is 0 Å². The maximum Gasteiger partial charge on any atom is 0.243 e. The van der Waals surface area contributed by atoms with Crippen molar-refractivity contribution in [1.29, 1.82) is 0 Å². The third-order valence-corrected chi connectivity index (χ3v) is 10.4. The van der Waals surface area contributed by atoms with Gasteiger partial charge in [0.25, 0.3) is 0 Å². The summed E-state index contributed by atoms with van der Waals surface area (Å²) in [5.41, 5.74) is 24.3. The first kappa shape index (κ1) is 44.7. The standard InChI is InChI=1S/C40H56N12O5S/c1-23(2)17-18-31(36(56)49-29(15-10-20-46-40(43)44)34(54)38-52-28-13-6-7-16-33(28)58-38)51-35(55)30(14-8-9-19-45-39(41)42)50-37(57)32(48-24(3)53)21-25-22-47-27-12-5-4-11-26(25)27/h4-7,11-13,16,22-23,29-32,47H,8-10,14-15,17-21H2,1-3H3,(H,48,53)(H,49,56)(H,50,57)(H,51,55)(H4,41,42,45)(H4,43,44,46)/t29-,30-,31-,32+/m0/s1. The Morgan fingerprint density at radius 1 is 0.707 bits per heavy atom. The summed E-state index contributed by atoms with van der Waals surface area (Å²) >= 11 is 1.23. The van der Waals surface area contributed by atoms with Gasteiger partial charge in [-0.25, -0.2) is 4.98 Å². The van der Waals surface area contributed by atoms with Crippen LogP contribution in [0.25, 0.3) is 21.1 Å². The molecule has 0 fully saturated rings. The molecule has 0 aliphatic carbocycles. The largest absolute Gasteiger partial charge is 0.370 e. The summed E-state index contributed by atoms with van der Waals surface area (Å²) in [6.45, 7) is 5.86. The van der Waals surface area contributed by atoms with Crippen LogP contribution in [0.1, 0.15) is 81.1 Å². The third-order valence-electron chi connectivity index (χ3n) is 9.37. The first-order valence-corrected chi connectivity index (χ1v) is 20.3. The number of carbonyl (C=O) groups excluding carboxylic acids is 5. The van der Waals surface area contributed by atoms with E-state index in [1.54, 1.807) is 6.20 Å². The highest BCUT2D eigenvalue weighted by atomic mass is 32.1. The number of aromatic nitrogens is 2. The van der Waals surface area contributed by atoms with Gasteiger partial charge in [0.05, 0.1) is 16.3 Å². The number of hydrogen-bond acceptors (Lipinski definition) is 9. The van der Waals surface area contributed by atoms with Gasteiger partial charge in [-0.2, -0.15) is 0 Å². The number of fused-ring (bicyclic) bond motifs is 2. The Bertz CT molecular complexity index is 2050. The van der Waals surface area contributed by atoms with Crippen LogP contribution in [0.4, 0.5) is 0 Å². The SMILES string of the molecule is CC(=O)N[C@H](Cc1c[nH]c2ccccc12)C(=O)N[C@@H](CCCCN=C(N)N)C(=O)N[C@@H](CCC(C)C)C(=O)N[C@@H](CCCN=C(N)N)C(=O)c1nc2ccccc2s1. The number of hydrogen-bond donors (Lipinski definition) is 9. The molecule has 0 bridgehead atoms. The molecule has 2 aromatic carbocycles. The summed E-state index contributed by atoms with van der Waals surface area (Å²) in [5.74, 6) is -2.51. The number of nitrogens with two attached hydrogens (primary N) is 4. The molecule has 18 heteroatoms. The average molecular weight is 817 g/mol. The number of rotatable bonds is 23. The van der Waals surface area contributed by atoms with Gasteiger partial charge in [-0.1, -0.05) is 44.2 Å². The minimum atomic E-state index is -1.10. The van der Waals surface area contributed by atoms with Gasteiger partial charge in [-0.15, -0.1) is 11.3 Å². The van der Waals surface area contributed by atoms with Crippen LogP contribution < -0.4 is 44.2 Å². The number of H-pyrrole nitrogens is 1. The zero-order valence-electron chi connectivity index (χ0n) is 33.3. The molecule has 2 aromatic heterocycles. The van der Waals surface area contributed by atoms with Crippen molar-refractivity contribution in [3.05, 3.63) is 65.3 Å². The molecule has 0 spiro atoms. The van der Waals surface area contributed by atoms with Gasteiger partial charge in [-0.3, -0.25) is 34.0 Å². The van der Waals surface area contributed by atoms with Gasteiger partial charge in [0.2, 0.25) is 29.4 Å². The van der Waals surface area contributed by atoms with Crippen molar-refractivity contribution in [2.75, 3.05) is 13.1 Å². The number of carbonyl (C=O) groups is 5. The molecule has 0 aliphatic heterocycles. The summed E-state index contributed by atoms with van der Waals surface area (Å²) in [7, 11) is 0. The Hall–Kier alpha value is -6.04. The number of para-hydroxylation sites is 2. The lowest BCUT2D eigenvalue weighted by atomic mass is 10.00. The molecular formula is C40H56N12O5S. The average Bonchev–Trinajstić information content (AvgIpc) is 3.80. The van der Waals surface area contributed by atoms with Gasteiger partial charge < -0.3 is 49.2 Å².